The molecule has 0 fully saturated rings. The van der Waals surface area contributed by atoms with Gasteiger partial charge in [0.25, 0.3) is 5.69 Å². The summed E-state index contributed by atoms with van der Waals surface area (Å²) in [4.78, 5) is 23.1. The van der Waals surface area contributed by atoms with Gasteiger partial charge in [-0.2, -0.15) is 11.8 Å². The van der Waals surface area contributed by atoms with Crippen LogP contribution in [0.3, 0.4) is 0 Å². The number of nitro groups is 1. The molecule has 0 saturated carbocycles. The second kappa shape index (κ2) is 12.1. The number of benzene rings is 3. The standard InChI is InChI=1S/C23H23N2O7PS/c1-34-17-16-30-23(26)24-22(18-12-14-19(15-13-18)25(27)28)33(29,31-20-8-4-2-5-9-20)32-21-10-6-3-7-11-21/h2-15,22H,16-17H2,1H3,(H,24,26). The van der Waals surface area contributed by atoms with Crippen molar-refractivity contribution in [2.75, 3.05) is 18.6 Å². The molecule has 1 unspecified atom stereocenters. The molecule has 178 valence electrons. The number of nitro benzene ring substituents is 1. The van der Waals surface area contributed by atoms with Crippen LogP contribution >= 0.6 is 19.4 Å². The normalized spacial score (nSPS) is 11.8. The maximum atomic E-state index is 14.3. The number of rotatable bonds is 11. The highest BCUT2D eigenvalue weighted by atomic mass is 32.2. The second-order valence-corrected chi connectivity index (χ2v) is 9.82. The summed E-state index contributed by atoms with van der Waals surface area (Å²) in [5, 5.41) is 13.7. The lowest BCUT2D eigenvalue weighted by atomic mass is 10.2. The van der Waals surface area contributed by atoms with Gasteiger partial charge in [-0.05, 0) is 48.2 Å². The van der Waals surface area contributed by atoms with Gasteiger partial charge in [-0.1, -0.05) is 36.4 Å². The summed E-state index contributed by atoms with van der Waals surface area (Å²) in [7, 11) is -4.21. The predicted octanol–water partition coefficient (Wildman–Crippen LogP) is 6.03. The molecule has 34 heavy (non-hydrogen) atoms. The molecule has 3 aromatic rings. The molecule has 0 radical (unpaired) electrons. The number of non-ortho nitro benzene ring substituents is 1. The summed E-state index contributed by atoms with van der Waals surface area (Å²) in [6.45, 7) is 0.142. The van der Waals surface area contributed by atoms with Gasteiger partial charge in [-0.25, -0.2) is 9.36 Å². The van der Waals surface area contributed by atoms with E-state index in [0.29, 0.717) is 5.75 Å². The van der Waals surface area contributed by atoms with E-state index in [-0.39, 0.29) is 29.4 Å². The number of amides is 1. The van der Waals surface area contributed by atoms with Crippen molar-refractivity contribution in [1.29, 1.82) is 0 Å². The fourth-order valence-electron chi connectivity index (χ4n) is 2.87. The minimum Gasteiger partial charge on any atom is -0.449 e. The molecule has 3 rings (SSSR count). The average Bonchev–Trinajstić information content (AvgIpc) is 2.84. The first-order valence-electron chi connectivity index (χ1n) is 10.2. The molecule has 11 heteroatoms. The lowest BCUT2D eigenvalue weighted by Crippen LogP contribution is -2.32. The van der Waals surface area contributed by atoms with E-state index in [4.69, 9.17) is 13.8 Å². The van der Waals surface area contributed by atoms with Gasteiger partial charge in [0.15, 0.2) is 5.78 Å². The molecule has 1 atom stereocenters. The SMILES string of the molecule is CSCCOC(=O)NC(c1ccc([N+](=O)[O-])cc1)P(=O)(Oc1ccccc1)Oc1ccccc1. The lowest BCUT2D eigenvalue weighted by Gasteiger charge is -2.28. The van der Waals surface area contributed by atoms with Crippen molar-refractivity contribution in [3.8, 4) is 11.5 Å². The van der Waals surface area contributed by atoms with E-state index in [2.05, 4.69) is 5.32 Å². The molecular formula is C23H23N2O7PS. The highest BCUT2D eigenvalue weighted by Gasteiger charge is 2.42. The minimum absolute atomic E-state index is 0.142. The summed E-state index contributed by atoms with van der Waals surface area (Å²) in [6, 6.07) is 22.0. The van der Waals surface area contributed by atoms with Gasteiger partial charge in [0, 0.05) is 17.9 Å². The third-order valence-electron chi connectivity index (χ3n) is 4.46. The van der Waals surface area contributed by atoms with Gasteiger partial charge < -0.3 is 19.1 Å². The van der Waals surface area contributed by atoms with Gasteiger partial charge in [0.1, 0.15) is 18.1 Å². The van der Waals surface area contributed by atoms with Crippen LogP contribution < -0.4 is 14.4 Å². The maximum absolute atomic E-state index is 14.3. The third kappa shape index (κ3) is 7.00. The molecule has 0 aliphatic heterocycles. The van der Waals surface area contributed by atoms with E-state index < -0.39 is 24.4 Å². The molecule has 1 amide bonds. The van der Waals surface area contributed by atoms with Crippen molar-refractivity contribution in [1.82, 2.24) is 5.32 Å². The number of ether oxygens (including phenoxy) is 1. The molecule has 0 spiro atoms. The molecule has 0 bridgehead atoms. The Morgan fingerprint density at radius 3 is 1.97 bits per heavy atom. The Bertz CT molecular complexity index is 1090. The molecule has 0 aliphatic carbocycles. The van der Waals surface area contributed by atoms with Crippen LogP contribution in [-0.2, 0) is 9.30 Å². The van der Waals surface area contributed by atoms with E-state index in [1.54, 1.807) is 60.7 Å². The zero-order chi connectivity index (χ0) is 24.4. The Balaban J connectivity index is 2.02. The second-order valence-electron chi connectivity index (χ2n) is 6.87. The molecule has 1 N–H and O–H groups in total. The van der Waals surface area contributed by atoms with Crippen LogP contribution in [0.1, 0.15) is 11.3 Å². The number of hydrogen-bond acceptors (Lipinski definition) is 8. The average molecular weight is 502 g/mol. The summed E-state index contributed by atoms with van der Waals surface area (Å²) >= 11 is 1.50. The molecule has 0 saturated heterocycles. The number of nitrogens with one attached hydrogen (secondary N) is 1. The zero-order valence-corrected chi connectivity index (χ0v) is 19.9. The molecule has 0 aromatic heterocycles. The number of hydrogen-bond donors (Lipinski definition) is 1. The maximum Gasteiger partial charge on any atom is 0.457 e. The molecule has 0 aliphatic rings. The van der Waals surface area contributed by atoms with E-state index in [1.807, 2.05) is 6.26 Å². The van der Waals surface area contributed by atoms with Crippen molar-refractivity contribution >= 4 is 31.1 Å². The Kier molecular flexibility index (Phi) is 8.95. The first-order valence-corrected chi connectivity index (χ1v) is 13.2. The number of thioether (sulfide) groups is 1. The van der Waals surface area contributed by atoms with Gasteiger partial charge >= 0.3 is 13.7 Å². The largest absolute Gasteiger partial charge is 0.457 e. The van der Waals surface area contributed by atoms with E-state index in [9.17, 15) is 19.5 Å². The summed E-state index contributed by atoms with van der Waals surface area (Å²) in [5.41, 5.74) is 0.121. The van der Waals surface area contributed by atoms with E-state index in [0.717, 1.165) is 0 Å². The first kappa shape index (κ1) is 25.1. The van der Waals surface area contributed by atoms with E-state index in [1.165, 1.54) is 36.0 Å². The van der Waals surface area contributed by atoms with Crippen LogP contribution in [-0.4, -0.2) is 29.6 Å². The van der Waals surface area contributed by atoms with Crippen molar-refractivity contribution in [2.24, 2.45) is 0 Å². The molecule has 9 nitrogen and oxygen atoms in total. The molecular weight excluding hydrogens is 479 g/mol. The van der Waals surface area contributed by atoms with Crippen LogP contribution in [0.4, 0.5) is 10.5 Å². The van der Waals surface area contributed by atoms with Crippen molar-refractivity contribution in [3.63, 3.8) is 0 Å². The highest BCUT2D eigenvalue weighted by Crippen LogP contribution is 2.59. The quantitative estimate of drug-likeness (QED) is 0.146. The van der Waals surface area contributed by atoms with Crippen LogP contribution in [0.5, 0.6) is 11.5 Å². The van der Waals surface area contributed by atoms with Crippen LogP contribution in [0.2, 0.25) is 0 Å². The summed E-state index contributed by atoms with van der Waals surface area (Å²) in [5.74, 6) is -0.234. The van der Waals surface area contributed by atoms with Crippen molar-refractivity contribution in [3.05, 3.63) is 101 Å². The van der Waals surface area contributed by atoms with Crippen LogP contribution in [0.15, 0.2) is 84.9 Å². The Morgan fingerprint density at radius 2 is 1.50 bits per heavy atom. The van der Waals surface area contributed by atoms with Crippen molar-refractivity contribution in [2.45, 2.75) is 5.78 Å². The molecule has 3 aromatic carbocycles. The number of alkyl carbamates (subject to hydrolysis) is 1. The molecule has 0 heterocycles. The lowest BCUT2D eigenvalue weighted by molar-refractivity contribution is -0.384. The fourth-order valence-corrected chi connectivity index (χ4v) is 5.00. The Morgan fingerprint density at radius 1 is 0.971 bits per heavy atom. The third-order valence-corrected chi connectivity index (χ3v) is 7.03. The summed E-state index contributed by atoms with van der Waals surface area (Å²) in [6.07, 6.45) is 1.04. The number of carbonyl (C=O) groups is 1. The van der Waals surface area contributed by atoms with Gasteiger partial charge in [0.2, 0.25) is 0 Å². The fraction of sp³-hybridized carbons (Fsp3) is 0.174. The van der Waals surface area contributed by atoms with Gasteiger partial charge in [0.05, 0.1) is 4.92 Å². The smallest absolute Gasteiger partial charge is 0.449 e. The minimum atomic E-state index is -4.21. The highest BCUT2D eigenvalue weighted by molar-refractivity contribution is 7.98. The first-order chi connectivity index (χ1) is 16.4. The van der Waals surface area contributed by atoms with Crippen molar-refractivity contribution < 1.29 is 28.1 Å². The predicted molar refractivity (Wildman–Crippen MR) is 130 cm³/mol. The number of carbonyl (C=O) groups excluding carboxylic acids is 1. The topological polar surface area (TPSA) is 117 Å². The number of nitrogens with zero attached hydrogens (tertiary/aromatic N) is 1. The summed E-state index contributed by atoms with van der Waals surface area (Å²) < 4.78 is 31.2. The van der Waals surface area contributed by atoms with Crippen LogP contribution in [0.25, 0.3) is 0 Å². The Hall–Kier alpha value is -3.49. The Labute approximate surface area is 201 Å². The van der Waals surface area contributed by atoms with Crippen LogP contribution in [0, 0.1) is 10.1 Å². The number of para-hydroxylation sites is 2. The monoisotopic (exact) mass is 502 g/mol. The van der Waals surface area contributed by atoms with Gasteiger partial charge in [-0.15, -0.1) is 0 Å². The zero-order valence-electron chi connectivity index (χ0n) is 18.2. The van der Waals surface area contributed by atoms with E-state index >= 15 is 0 Å². The van der Waals surface area contributed by atoms with Gasteiger partial charge in [-0.3, -0.25) is 10.1 Å².